The molecule has 1 aliphatic rings. The number of aliphatic hydroxyl groups excluding tert-OH is 1. The van der Waals surface area contributed by atoms with Crippen LogP contribution in [-0.4, -0.2) is 27.3 Å². The summed E-state index contributed by atoms with van der Waals surface area (Å²) in [5.41, 5.74) is 3.00. The Morgan fingerprint density at radius 2 is 1.32 bits per heavy atom. The fourth-order valence-electron chi connectivity index (χ4n) is 3.90. The molecule has 1 aliphatic carbocycles. The van der Waals surface area contributed by atoms with E-state index in [2.05, 4.69) is 0 Å². The van der Waals surface area contributed by atoms with Crippen molar-refractivity contribution in [3.8, 4) is 0 Å². The van der Waals surface area contributed by atoms with Crippen LogP contribution in [0.5, 0.6) is 0 Å². The monoisotopic (exact) mass is 476 g/mol. The van der Waals surface area contributed by atoms with Gasteiger partial charge in [0.05, 0.1) is 18.8 Å². The lowest BCUT2D eigenvalue weighted by Gasteiger charge is -2.39. The van der Waals surface area contributed by atoms with Crippen molar-refractivity contribution >= 4 is 17.6 Å². The number of carbonyl (C=O) groups is 1. The number of hydrogen-bond donors (Lipinski definition) is 2. The summed E-state index contributed by atoms with van der Waals surface area (Å²) in [5, 5.41) is 19.0. The standard InChI is InChI=1S/C28H25ClO5/c29-28(34-19-22-14-8-3-9-15-22)25(30)17-24(27(31)32)23(16-20-10-4-1-5-11-20)26(28)33-18-21-12-6-2-7-13-21/h1-15,17,26,30H,16,18-19H2,(H,31,32). The minimum Gasteiger partial charge on any atom is -0.508 e. The SMILES string of the molecule is O=C(O)C1=C(Cc2ccccc2)C(OCc2ccccc2)C(Cl)(OCc2ccccc2)C(O)=C1. The topological polar surface area (TPSA) is 76.0 Å². The van der Waals surface area contributed by atoms with E-state index in [4.69, 9.17) is 21.1 Å². The van der Waals surface area contributed by atoms with Crippen molar-refractivity contribution in [2.24, 2.45) is 0 Å². The van der Waals surface area contributed by atoms with Crippen LogP contribution >= 0.6 is 11.6 Å². The first-order valence-corrected chi connectivity index (χ1v) is 11.3. The highest BCUT2D eigenvalue weighted by Crippen LogP contribution is 2.42. The van der Waals surface area contributed by atoms with Gasteiger partial charge in [0, 0.05) is 0 Å². The molecule has 34 heavy (non-hydrogen) atoms. The highest BCUT2D eigenvalue weighted by molar-refractivity contribution is 6.25. The molecule has 2 unspecified atom stereocenters. The van der Waals surface area contributed by atoms with Crippen LogP contribution in [0.1, 0.15) is 16.7 Å². The summed E-state index contributed by atoms with van der Waals surface area (Å²) in [7, 11) is 0. The first-order chi connectivity index (χ1) is 16.5. The maximum Gasteiger partial charge on any atom is 0.335 e. The molecule has 0 spiro atoms. The van der Waals surface area contributed by atoms with Gasteiger partial charge in [-0.2, -0.15) is 0 Å². The van der Waals surface area contributed by atoms with Gasteiger partial charge in [0.15, 0.2) is 0 Å². The number of aliphatic hydroxyl groups is 1. The molecule has 3 aromatic carbocycles. The molecule has 0 saturated carbocycles. The Hall–Kier alpha value is -3.38. The van der Waals surface area contributed by atoms with E-state index in [0.717, 1.165) is 16.7 Å². The van der Waals surface area contributed by atoms with Crippen LogP contribution in [0.4, 0.5) is 0 Å². The molecule has 3 aromatic rings. The number of hydrogen-bond acceptors (Lipinski definition) is 4. The molecule has 0 amide bonds. The van der Waals surface area contributed by atoms with Crippen molar-refractivity contribution in [3.05, 3.63) is 131 Å². The van der Waals surface area contributed by atoms with Crippen LogP contribution < -0.4 is 0 Å². The molecular formula is C28H25ClO5. The molecule has 0 aliphatic heterocycles. The number of carboxylic acid groups (broad SMARTS) is 1. The molecule has 0 heterocycles. The number of ether oxygens (including phenoxy) is 2. The van der Waals surface area contributed by atoms with Gasteiger partial charge in [-0.15, -0.1) is 0 Å². The first-order valence-electron chi connectivity index (χ1n) is 10.9. The van der Waals surface area contributed by atoms with Gasteiger partial charge in [-0.25, -0.2) is 4.79 Å². The molecule has 0 fully saturated rings. The molecule has 174 valence electrons. The predicted molar refractivity (Wildman–Crippen MR) is 130 cm³/mol. The number of rotatable bonds is 9. The Kier molecular flexibility index (Phi) is 7.48. The molecule has 0 aromatic heterocycles. The van der Waals surface area contributed by atoms with Crippen molar-refractivity contribution in [2.45, 2.75) is 30.8 Å². The van der Waals surface area contributed by atoms with Crippen LogP contribution in [-0.2, 0) is 33.9 Å². The summed E-state index contributed by atoms with van der Waals surface area (Å²) in [6.07, 6.45) is 0.393. The first kappa shape index (κ1) is 23.8. The Morgan fingerprint density at radius 3 is 1.85 bits per heavy atom. The third kappa shape index (κ3) is 5.39. The van der Waals surface area contributed by atoms with E-state index in [1.165, 1.54) is 6.08 Å². The summed E-state index contributed by atoms with van der Waals surface area (Å²) >= 11 is 6.95. The Labute approximate surface area is 203 Å². The third-order valence-electron chi connectivity index (χ3n) is 5.65. The summed E-state index contributed by atoms with van der Waals surface area (Å²) < 4.78 is 12.3. The minimum absolute atomic E-state index is 0.0565. The Morgan fingerprint density at radius 1 is 0.824 bits per heavy atom. The van der Waals surface area contributed by atoms with Gasteiger partial charge in [0.2, 0.25) is 5.06 Å². The van der Waals surface area contributed by atoms with Crippen molar-refractivity contribution in [1.82, 2.24) is 0 Å². The van der Waals surface area contributed by atoms with Gasteiger partial charge in [-0.05, 0) is 34.8 Å². The molecule has 5 nitrogen and oxygen atoms in total. The second-order valence-electron chi connectivity index (χ2n) is 8.03. The second kappa shape index (κ2) is 10.7. The lowest BCUT2D eigenvalue weighted by Crippen LogP contribution is -2.47. The number of alkyl halides is 1. The fourth-order valence-corrected chi connectivity index (χ4v) is 4.21. The number of halogens is 1. The van der Waals surface area contributed by atoms with E-state index in [9.17, 15) is 15.0 Å². The largest absolute Gasteiger partial charge is 0.508 e. The summed E-state index contributed by atoms with van der Waals surface area (Å²) in [5.74, 6) is -1.58. The van der Waals surface area contributed by atoms with Crippen LogP contribution in [0.25, 0.3) is 0 Å². The third-order valence-corrected chi connectivity index (χ3v) is 6.15. The summed E-state index contributed by atoms with van der Waals surface area (Å²) in [6.45, 7) is 0.265. The lowest BCUT2D eigenvalue weighted by atomic mass is 9.86. The van der Waals surface area contributed by atoms with Crippen LogP contribution in [0, 0.1) is 0 Å². The van der Waals surface area contributed by atoms with E-state index in [1.54, 1.807) is 0 Å². The molecule has 4 rings (SSSR count). The van der Waals surface area contributed by atoms with Crippen molar-refractivity contribution in [3.63, 3.8) is 0 Å². The Bertz CT molecular complexity index is 1180. The molecule has 2 atom stereocenters. The zero-order valence-electron chi connectivity index (χ0n) is 18.4. The summed E-state index contributed by atoms with van der Waals surface area (Å²) in [6, 6.07) is 28.3. The smallest absolute Gasteiger partial charge is 0.335 e. The van der Waals surface area contributed by atoms with Crippen LogP contribution in [0.2, 0.25) is 0 Å². The quantitative estimate of drug-likeness (QED) is 0.381. The molecule has 0 saturated heterocycles. The van der Waals surface area contributed by atoms with Crippen molar-refractivity contribution < 1.29 is 24.5 Å². The minimum atomic E-state index is -1.80. The van der Waals surface area contributed by atoms with Crippen molar-refractivity contribution in [1.29, 1.82) is 0 Å². The number of benzene rings is 3. The number of carboxylic acids is 1. The van der Waals surface area contributed by atoms with Crippen LogP contribution in [0.3, 0.4) is 0 Å². The molecule has 0 radical (unpaired) electrons. The normalized spacial score (nSPS) is 20.1. The van der Waals surface area contributed by atoms with Crippen molar-refractivity contribution in [2.75, 3.05) is 0 Å². The average molecular weight is 477 g/mol. The zero-order valence-corrected chi connectivity index (χ0v) is 19.2. The van der Waals surface area contributed by atoms with Gasteiger partial charge < -0.3 is 19.7 Å². The fraction of sp³-hybridized carbons (Fsp3) is 0.179. The molecule has 0 bridgehead atoms. The Balaban J connectivity index is 1.72. The highest BCUT2D eigenvalue weighted by atomic mass is 35.5. The predicted octanol–water partition coefficient (Wildman–Crippen LogP) is 5.80. The summed E-state index contributed by atoms with van der Waals surface area (Å²) in [4.78, 5) is 12.2. The van der Waals surface area contributed by atoms with Gasteiger partial charge in [-0.3, -0.25) is 0 Å². The lowest BCUT2D eigenvalue weighted by molar-refractivity contribution is -0.133. The van der Waals surface area contributed by atoms with E-state index in [0.29, 0.717) is 5.57 Å². The maximum absolute atomic E-state index is 12.2. The zero-order chi connectivity index (χ0) is 24.0. The number of aliphatic carboxylic acids is 1. The van der Waals surface area contributed by atoms with E-state index >= 15 is 0 Å². The van der Waals surface area contributed by atoms with Gasteiger partial charge in [0.1, 0.15) is 11.9 Å². The highest BCUT2D eigenvalue weighted by Gasteiger charge is 2.49. The van der Waals surface area contributed by atoms with Gasteiger partial charge in [-0.1, -0.05) is 103 Å². The maximum atomic E-state index is 12.2. The van der Waals surface area contributed by atoms with Gasteiger partial charge >= 0.3 is 5.97 Å². The van der Waals surface area contributed by atoms with E-state index in [1.807, 2.05) is 91.0 Å². The average Bonchev–Trinajstić information content (AvgIpc) is 2.86. The van der Waals surface area contributed by atoms with Gasteiger partial charge in [0.25, 0.3) is 0 Å². The second-order valence-corrected chi connectivity index (χ2v) is 8.59. The molecular weight excluding hydrogens is 452 g/mol. The van der Waals surface area contributed by atoms with E-state index in [-0.39, 0.29) is 25.2 Å². The van der Waals surface area contributed by atoms with E-state index < -0.39 is 22.9 Å². The molecule has 6 heteroatoms. The molecule has 2 N–H and O–H groups in total. The van der Waals surface area contributed by atoms with Crippen LogP contribution in [0.15, 0.2) is 114 Å².